The lowest BCUT2D eigenvalue weighted by Gasteiger charge is -2.17. The molecular weight excluding hydrogens is 483 g/mol. The van der Waals surface area contributed by atoms with Crippen LogP contribution in [0.4, 0.5) is 0 Å². The van der Waals surface area contributed by atoms with Gasteiger partial charge in [-0.05, 0) is 68.0 Å². The zero-order chi connectivity index (χ0) is 22.6. The third-order valence-electron chi connectivity index (χ3n) is 5.36. The Bertz CT molecular complexity index is 1250. The van der Waals surface area contributed by atoms with Crippen molar-refractivity contribution >= 4 is 57.2 Å². The van der Waals surface area contributed by atoms with E-state index in [4.69, 9.17) is 9.05 Å². The van der Waals surface area contributed by atoms with Gasteiger partial charge in [0, 0.05) is 4.47 Å². The molecule has 3 nitrogen and oxygen atoms in total. The van der Waals surface area contributed by atoms with Gasteiger partial charge in [0.25, 0.3) is 0 Å². The second-order valence-electron chi connectivity index (χ2n) is 7.50. The number of rotatable bonds is 8. The van der Waals surface area contributed by atoms with Crippen molar-refractivity contribution in [2.75, 3.05) is 13.2 Å². The summed E-state index contributed by atoms with van der Waals surface area (Å²) in [5.74, 6) is 0. The van der Waals surface area contributed by atoms with Crippen molar-refractivity contribution in [1.29, 1.82) is 0 Å². The molecule has 5 heteroatoms. The predicted octanol–water partition coefficient (Wildman–Crippen LogP) is 8.69. The van der Waals surface area contributed by atoms with Gasteiger partial charge in [-0.3, -0.25) is 4.57 Å². The first-order valence-corrected chi connectivity index (χ1v) is 13.3. The second kappa shape index (κ2) is 10.1. The molecule has 0 bridgehead atoms. The smallest absolute Gasteiger partial charge is 0.309 e. The fourth-order valence-electron chi connectivity index (χ4n) is 3.95. The molecule has 32 heavy (non-hydrogen) atoms. The van der Waals surface area contributed by atoms with Crippen LogP contribution in [0.5, 0.6) is 0 Å². The van der Waals surface area contributed by atoms with Crippen molar-refractivity contribution in [3.63, 3.8) is 0 Å². The minimum atomic E-state index is -3.10. The molecule has 164 valence electrons. The van der Waals surface area contributed by atoms with Crippen molar-refractivity contribution in [1.82, 2.24) is 0 Å². The average Bonchev–Trinajstić information content (AvgIpc) is 2.80. The molecule has 0 amide bonds. The Hall–Kier alpha value is -2.23. The van der Waals surface area contributed by atoms with Crippen LogP contribution in [0.3, 0.4) is 0 Å². The molecule has 0 heterocycles. The Labute approximate surface area is 197 Å². The van der Waals surface area contributed by atoms with Crippen molar-refractivity contribution < 1.29 is 13.6 Å². The molecule has 4 aromatic rings. The minimum Gasteiger partial charge on any atom is -0.309 e. The van der Waals surface area contributed by atoms with Crippen LogP contribution in [0.2, 0.25) is 0 Å². The summed E-state index contributed by atoms with van der Waals surface area (Å²) in [6.07, 6.45) is 4.58. The zero-order valence-electron chi connectivity index (χ0n) is 18.3. The first-order valence-electron chi connectivity index (χ1n) is 10.8. The lowest BCUT2D eigenvalue weighted by molar-refractivity contribution is 0.219. The van der Waals surface area contributed by atoms with Crippen LogP contribution in [0, 0.1) is 0 Å². The van der Waals surface area contributed by atoms with E-state index in [1.54, 1.807) is 0 Å². The molecule has 0 atom stereocenters. The molecule has 0 radical (unpaired) electrons. The van der Waals surface area contributed by atoms with Gasteiger partial charge in [-0.15, -0.1) is 0 Å². The normalized spacial score (nSPS) is 12.2. The summed E-state index contributed by atoms with van der Waals surface area (Å²) in [5.41, 5.74) is 3.21. The second-order valence-corrected chi connectivity index (χ2v) is 10.3. The van der Waals surface area contributed by atoms with Crippen molar-refractivity contribution in [2.24, 2.45) is 0 Å². The van der Waals surface area contributed by atoms with Crippen molar-refractivity contribution in [2.45, 2.75) is 20.0 Å². The largest absolute Gasteiger partial charge is 0.335 e. The fourth-order valence-corrected chi connectivity index (χ4v) is 6.34. The van der Waals surface area contributed by atoms with Crippen LogP contribution in [0.25, 0.3) is 33.7 Å². The van der Waals surface area contributed by atoms with Gasteiger partial charge in [0.05, 0.1) is 19.4 Å². The Morgan fingerprint density at radius 1 is 0.750 bits per heavy atom. The van der Waals surface area contributed by atoms with E-state index >= 15 is 0 Å². The first-order chi connectivity index (χ1) is 15.5. The van der Waals surface area contributed by atoms with Gasteiger partial charge in [-0.2, -0.15) is 0 Å². The van der Waals surface area contributed by atoms with E-state index in [9.17, 15) is 4.57 Å². The summed E-state index contributed by atoms with van der Waals surface area (Å²) in [7, 11) is -3.10. The average molecular weight is 509 g/mol. The number of halogens is 1. The van der Waals surface area contributed by atoms with Crippen LogP contribution in [0.1, 0.15) is 30.5 Å². The van der Waals surface area contributed by atoms with Gasteiger partial charge in [0.2, 0.25) is 0 Å². The molecule has 0 aliphatic heterocycles. The highest BCUT2D eigenvalue weighted by Crippen LogP contribution is 2.51. The van der Waals surface area contributed by atoms with Crippen LogP contribution in [-0.2, 0) is 19.8 Å². The number of hydrogen-bond acceptors (Lipinski definition) is 3. The third kappa shape index (κ3) is 4.89. The van der Waals surface area contributed by atoms with Gasteiger partial charge in [0.1, 0.15) is 0 Å². The maximum atomic E-state index is 12.8. The number of fused-ring (bicyclic) bond motifs is 2. The zero-order valence-corrected chi connectivity index (χ0v) is 20.7. The highest BCUT2D eigenvalue weighted by Gasteiger charge is 2.23. The Morgan fingerprint density at radius 2 is 1.25 bits per heavy atom. The third-order valence-corrected chi connectivity index (χ3v) is 8.27. The Morgan fingerprint density at radius 3 is 1.75 bits per heavy atom. The summed E-state index contributed by atoms with van der Waals surface area (Å²) in [4.78, 5) is 0. The van der Waals surface area contributed by atoms with Gasteiger partial charge in [0.15, 0.2) is 0 Å². The molecule has 4 aromatic carbocycles. The summed E-state index contributed by atoms with van der Waals surface area (Å²) in [6.45, 7) is 4.39. The maximum Gasteiger partial charge on any atom is 0.335 e. The van der Waals surface area contributed by atoms with E-state index in [1.807, 2.05) is 38.1 Å². The molecule has 0 saturated heterocycles. The minimum absolute atomic E-state index is 0.278. The monoisotopic (exact) mass is 508 g/mol. The molecule has 0 N–H and O–H groups in total. The quantitative estimate of drug-likeness (QED) is 0.135. The molecular formula is C27H26BrO3P. The highest BCUT2D eigenvalue weighted by atomic mass is 79.9. The van der Waals surface area contributed by atoms with Gasteiger partial charge in [-0.25, -0.2) is 0 Å². The van der Waals surface area contributed by atoms with E-state index in [0.29, 0.717) is 13.2 Å². The van der Waals surface area contributed by atoms with Crippen LogP contribution in [-0.4, -0.2) is 13.2 Å². The van der Waals surface area contributed by atoms with E-state index in [2.05, 4.69) is 76.6 Å². The Balaban J connectivity index is 1.66. The maximum absolute atomic E-state index is 12.8. The molecule has 0 unspecified atom stereocenters. The Kier molecular flexibility index (Phi) is 7.27. The highest BCUT2D eigenvalue weighted by molar-refractivity contribution is 9.10. The van der Waals surface area contributed by atoms with Gasteiger partial charge >= 0.3 is 7.60 Å². The topological polar surface area (TPSA) is 35.5 Å². The summed E-state index contributed by atoms with van der Waals surface area (Å²) < 4.78 is 24.7. The van der Waals surface area contributed by atoms with Crippen LogP contribution >= 0.6 is 23.5 Å². The summed E-state index contributed by atoms with van der Waals surface area (Å²) in [5, 5.41) is 4.81. The predicted molar refractivity (Wildman–Crippen MR) is 139 cm³/mol. The SMILES string of the molecule is CCOP(=O)(Cc1ccc(/C=C/c2c3ccccc3c(Br)c3ccccc23)cc1)OCC. The molecule has 0 saturated carbocycles. The van der Waals surface area contributed by atoms with Crippen LogP contribution < -0.4 is 0 Å². The van der Waals surface area contributed by atoms with Gasteiger partial charge in [-0.1, -0.05) is 84.9 Å². The summed E-state index contributed by atoms with van der Waals surface area (Å²) >= 11 is 3.80. The number of benzene rings is 4. The van der Waals surface area contributed by atoms with E-state index in [-0.39, 0.29) is 6.16 Å². The van der Waals surface area contributed by atoms with E-state index < -0.39 is 7.60 Å². The molecule has 0 fully saturated rings. The number of hydrogen-bond donors (Lipinski definition) is 0. The molecule has 0 aromatic heterocycles. The molecule has 0 spiro atoms. The molecule has 0 aliphatic carbocycles. The summed E-state index contributed by atoms with van der Waals surface area (Å²) in [6, 6.07) is 25.0. The van der Waals surface area contributed by atoms with Crippen molar-refractivity contribution in [3.8, 4) is 0 Å². The standard InChI is InChI=1S/C27H26BrO3P/c1-3-30-32(29,31-4-2)19-21-15-13-20(14-16-21)17-18-24-22-9-5-7-11-25(22)27(28)26-12-8-6-10-23(24)26/h5-18H,3-4,19H2,1-2H3/b18-17+. The fraction of sp³-hybridized carbons (Fsp3) is 0.185. The van der Waals surface area contributed by atoms with E-state index in [1.165, 1.54) is 27.1 Å². The van der Waals surface area contributed by atoms with Crippen molar-refractivity contribution in [3.05, 3.63) is 94.0 Å². The van der Waals surface area contributed by atoms with Crippen LogP contribution in [0.15, 0.2) is 77.3 Å². The van der Waals surface area contributed by atoms with Gasteiger partial charge < -0.3 is 9.05 Å². The lowest BCUT2D eigenvalue weighted by Crippen LogP contribution is -1.99. The first kappa shape index (κ1) is 22.9. The van der Waals surface area contributed by atoms with E-state index in [0.717, 1.165) is 15.6 Å². The molecule has 0 aliphatic rings. The lowest BCUT2D eigenvalue weighted by atomic mass is 9.96. The molecule has 4 rings (SSSR count).